The number of furan rings is 1. The average molecular weight is 386 g/mol. The van der Waals surface area contributed by atoms with Gasteiger partial charge in [-0.05, 0) is 42.5 Å². The molecule has 0 radical (unpaired) electrons. The van der Waals surface area contributed by atoms with E-state index in [2.05, 4.69) is 15.4 Å². The van der Waals surface area contributed by atoms with E-state index in [1.807, 2.05) is 30.3 Å². The predicted octanol–water partition coefficient (Wildman–Crippen LogP) is 3.82. The van der Waals surface area contributed by atoms with Crippen LogP contribution in [0.5, 0.6) is 0 Å². The van der Waals surface area contributed by atoms with E-state index in [4.69, 9.17) is 8.83 Å². The van der Waals surface area contributed by atoms with Crippen molar-refractivity contribution in [2.45, 2.75) is 0 Å². The Labute approximate surface area is 163 Å². The maximum atomic E-state index is 13.0. The Hall–Kier alpha value is -4.33. The third kappa shape index (κ3) is 3.12. The third-order valence-electron chi connectivity index (χ3n) is 4.39. The van der Waals surface area contributed by atoms with Crippen LogP contribution in [0.25, 0.3) is 28.2 Å². The van der Waals surface area contributed by atoms with Crippen molar-refractivity contribution in [3.05, 3.63) is 89.2 Å². The molecular formula is C21H14N4O4. The lowest BCUT2D eigenvalue weighted by Crippen LogP contribution is -2.16. The first-order chi connectivity index (χ1) is 14.2. The Kier molecular flexibility index (Phi) is 3.87. The largest absolute Gasteiger partial charge is 0.463 e. The lowest BCUT2D eigenvalue weighted by molar-refractivity contribution is 0.101. The number of rotatable bonds is 4. The molecule has 5 aromatic rings. The summed E-state index contributed by atoms with van der Waals surface area (Å²) in [4.78, 5) is 26.9. The highest BCUT2D eigenvalue weighted by Gasteiger charge is 2.19. The molecule has 0 fully saturated rings. The van der Waals surface area contributed by atoms with Crippen LogP contribution in [-0.4, -0.2) is 20.7 Å². The van der Waals surface area contributed by atoms with Crippen LogP contribution in [0.1, 0.15) is 10.5 Å². The van der Waals surface area contributed by atoms with Gasteiger partial charge in [0.25, 0.3) is 5.91 Å². The number of amides is 1. The molecule has 0 saturated carbocycles. The minimum Gasteiger partial charge on any atom is -0.463 e. The van der Waals surface area contributed by atoms with Crippen LogP contribution in [0.3, 0.4) is 0 Å². The molecule has 0 atom stereocenters. The summed E-state index contributed by atoms with van der Waals surface area (Å²) < 4.78 is 12.0. The van der Waals surface area contributed by atoms with Gasteiger partial charge in [0, 0.05) is 11.8 Å². The number of H-pyrrole nitrogens is 1. The van der Waals surface area contributed by atoms with Crippen molar-refractivity contribution in [1.29, 1.82) is 0 Å². The van der Waals surface area contributed by atoms with Gasteiger partial charge in [-0.25, -0.2) is 9.48 Å². The maximum absolute atomic E-state index is 13.0. The van der Waals surface area contributed by atoms with E-state index in [1.165, 1.54) is 0 Å². The summed E-state index contributed by atoms with van der Waals surface area (Å²) in [6.07, 6.45) is 1.55. The standard InChI is InChI=1S/C21H14N4O4/c26-20(22-13-8-9-19-15(11-13)23-21(27)29-19)17-12-16(18-7-4-10-28-18)24-25(17)14-5-2-1-3-6-14/h1-12H,(H,22,26)(H,23,27). The number of para-hydroxylation sites is 1. The number of hydrogen-bond donors (Lipinski definition) is 2. The quantitative estimate of drug-likeness (QED) is 0.488. The second-order valence-electron chi connectivity index (χ2n) is 6.32. The Morgan fingerprint density at radius 2 is 1.90 bits per heavy atom. The highest BCUT2D eigenvalue weighted by Crippen LogP contribution is 2.23. The molecule has 3 aromatic heterocycles. The molecule has 0 aliphatic heterocycles. The Balaban J connectivity index is 1.54. The summed E-state index contributed by atoms with van der Waals surface area (Å²) in [6.45, 7) is 0. The fourth-order valence-electron chi connectivity index (χ4n) is 3.08. The zero-order valence-corrected chi connectivity index (χ0v) is 15.0. The van der Waals surface area contributed by atoms with Gasteiger partial charge in [0.2, 0.25) is 0 Å². The van der Waals surface area contributed by atoms with Crippen LogP contribution in [0.4, 0.5) is 5.69 Å². The fraction of sp³-hybridized carbons (Fsp3) is 0. The minimum atomic E-state index is -0.547. The maximum Gasteiger partial charge on any atom is 0.417 e. The van der Waals surface area contributed by atoms with Gasteiger partial charge < -0.3 is 14.2 Å². The number of anilines is 1. The van der Waals surface area contributed by atoms with Gasteiger partial charge in [0.1, 0.15) is 11.4 Å². The molecule has 142 valence electrons. The van der Waals surface area contributed by atoms with Gasteiger partial charge in [0.05, 0.1) is 17.5 Å². The molecule has 0 bridgehead atoms. The first-order valence-electron chi connectivity index (χ1n) is 8.81. The first kappa shape index (κ1) is 16.8. The Morgan fingerprint density at radius 1 is 1.03 bits per heavy atom. The zero-order valence-electron chi connectivity index (χ0n) is 15.0. The van der Waals surface area contributed by atoms with Gasteiger partial charge in [-0.15, -0.1) is 0 Å². The summed E-state index contributed by atoms with van der Waals surface area (Å²) in [5.74, 6) is -0.343. The Morgan fingerprint density at radius 3 is 2.69 bits per heavy atom. The van der Waals surface area contributed by atoms with Crippen LogP contribution in [0.2, 0.25) is 0 Å². The molecule has 29 heavy (non-hydrogen) atoms. The summed E-state index contributed by atoms with van der Waals surface area (Å²) in [5, 5.41) is 7.37. The summed E-state index contributed by atoms with van der Waals surface area (Å²) in [6, 6.07) is 19.5. The molecule has 0 spiro atoms. The number of benzene rings is 2. The molecule has 0 aliphatic carbocycles. The van der Waals surface area contributed by atoms with Crippen molar-refractivity contribution in [3.8, 4) is 17.1 Å². The van der Waals surface area contributed by atoms with Crippen LogP contribution in [-0.2, 0) is 0 Å². The van der Waals surface area contributed by atoms with Crippen LogP contribution in [0.15, 0.2) is 86.6 Å². The normalized spacial score (nSPS) is 11.0. The minimum absolute atomic E-state index is 0.336. The highest BCUT2D eigenvalue weighted by molar-refractivity contribution is 6.04. The average Bonchev–Trinajstić information content (AvgIpc) is 3.46. The monoisotopic (exact) mass is 386 g/mol. The molecule has 5 rings (SSSR count). The van der Waals surface area contributed by atoms with Crippen molar-refractivity contribution in [2.75, 3.05) is 5.32 Å². The first-order valence-corrected chi connectivity index (χ1v) is 8.81. The number of oxazole rings is 1. The Bertz CT molecular complexity index is 1360. The molecule has 0 aliphatic rings. The summed E-state index contributed by atoms with van der Waals surface area (Å²) in [5.41, 5.74) is 3.05. The van der Waals surface area contributed by atoms with Crippen molar-refractivity contribution in [2.24, 2.45) is 0 Å². The number of carbonyl (C=O) groups excluding carboxylic acids is 1. The molecule has 1 amide bonds. The SMILES string of the molecule is O=C(Nc1ccc2oc(=O)[nH]c2c1)c1cc(-c2ccco2)nn1-c1ccccc1. The fourth-order valence-corrected chi connectivity index (χ4v) is 3.08. The number of nitrogens with zero attached hydrogens (tertiary/aromatic N) is 2. The van der Waals surface area contributed by atoms with Crippen molar-refractivity contribution < 1.29 is 13.6 Å². The van der Waals surface area contributed by atoms with Crippen LogP contribution < -0.4 is 11.1 Å². The number of fused-ring (bicyclic) bond motifs is 1. The predicted molar refractivity (Wildman–Crippen MR) is 106 cm³/mol. The molecule has 2 N–H and O–H groups in total. The number of aromatic nitrogens is 3. The van der Waals surface area contributed by atoms with Gasteiger partial charge in [0.15, 0.2) is 11.3 Å². The second kappa shape index (κ2) is 6.68. The van der Waals surface area contributed by atoms with E-state index in [0.717, 1.165) is 5.69 Å². The van der Waals surface area contributed by atoms with E-state index in [9.17, 15) is 9.59 Å². The van der Waals surface area contributed by atoms with Crippen LogP contribution in [0, 0.1) is 0 Å². The number of carbonyl (C=O) groups is 1. The second-order valence-corrected chi connectivity index (χ2v) is 6.32. The van der Waals surface area contributed by atoms with E-state index in [1.54, 1.807) is 47.3 Å². The van der Waals surface area contributed by atoms with Crippen molar-refractivity contribution in [3.63, 3.8) is 0 Å². The van der Waals surface area contributed by atoms with E-state index in [0.29, 0.717) is 33.9 Å². The lowest BCUT2D eigenvalue weighted by Gasteiger charge is -2.08. The molecular weight excluding hydrogens is 372 g/mol. The van der Waals surface area contributed by atoms with E-state index in [-0.39, 0.29) is 5.91 Å². The van der Waals surface area contributed by atoms with Gasteiger partial charge in [-0.2, -0.15) is 5.10 Å². The molecule has 0 unspecified atom stereocenters. The summed E-state index contributed by atoms with van der Waals surface area (Å²) in [7, 11) is 0. The molecule has 2 aromatic carbocycles. The molecule has 3 heterocycles. The molecule has 0 saturated heterocycles. The summed E-state index contributed by atoms with van der Waals surface area (Å²) >= 11 is 0. The zero-order chi connectivity index (χ0) is 19.8. The lowest BCUT2D eigenvalue weighted by atomic mass is 10.2. The van der Waals surface area contributed by atoms with E-state index >= 15 is 0 Å². The third-order valence-corrected chi connectivity index (χ3v) is 4.39. The number of hydrogen-bond acceptors (Lipinski definition) is 5. The van der Waals surface area contributed by atoms with Crippen LogP contribution >= 0.6 is 0 Å². The van der Waals surface area contributed by atoms with E-state index < -0.39 is 5.76 Å². The van der Waals surface area contributed by atoms with Crippen molar-refractivity contribution in [1.82, 2.24) is 14.8 Å². The molecule has 8 heteroatoms. The number of aromatic amines is 1. The number of nitrogens with one attached hydrogen (secondary N) is 2. The van der Waals surface area contributed by atoms with Crippen molar-refractivity contribution >= 4 is 22.7 Å². The highest BCUT2D eigenvalue weighted by atomic mass is 16.4. The van der Waals surface area contributed by atoms with Gasteiger partial charge in [-0.1, -0.05) is 18.2 Å². The molecule has 8 nitrogen and oxygen atoms in total. The smallest absolute Gasteiger partial charge is 0.417 e. The van der Waals surface area contributed by atoms with Gasteiger partial charge >= 0.3 is 5.76 Å². The topological polar surface area (TPSA) is 106 Å². The van der Waals surface area contributed by atoms with Gasteiger partial charge in [-0.3, -0.25) is 9.78 Å².